The zero-order valence-corrected chi connectivity index (χ0v) is 13.6. The number of hydrogen-bond donors (Lipinski definition) is 0. The highest BCUT2D eigenvalue weighted by molar-refractivity contribution is 5.45. The van der Waals surface area contributed by atoms with Crippen LogP contribution >= 0.6 is 0 Å². The van der Waals surface area contributed by atoms with E-state index in [0.29, 0.717) is 6.10 Å². The second-order valence-corrected chi connectivity index (χ2v) is 6.14. The number of aryl methyl sites for hydroxylation is 1. The molecule has 6 nitrogen and oxygen atoms in total. The van der Waals surface area contributed by atoms with Gasteiger partial charge in [-0.3, -0.25) is 0 Å². The van der Waals surface area contributed by atoms with E-state index in [2.05, 4.69) is 21.8 Å². The van der Waals surface area contributed by atoms with Crippen molar-refractivity contribution < 1.29 is 9.47 Å². The largest absolute Gasteiger partial charge is 0.378 e. The fourth-order valence-electron chi connectivity index (χ4n) is 2.99. The van der Waals surface area contributed by atoms with Gasteiger partial charge in [-0.25, -0.2) is 4.98 Å². The van der Waals surface area contributed by atoms with Gasteiger partial charge in [0, 0.05) is 45.0 Å². The van der Waals surface area contributed by atoms with Crippen LogP contribution in [0.5, 0.6) is 0 Å². The molecule has 3 heterocycles. The van der Waals surface area contributed by atoms with E-state index in [9.17, 15) is 0 Å². The predicted octanol–water partition coefficient (Wildman–Crippen LogP) is 1.63. The normalized spacial score (nSPS) is 22.6. The van der Waals surface area contributed by atoms with E-state index in [4.69, 9.17) is 14.5 Å². The molecule has 22 heavy (non-hydrogen) atoms. The van der Waals surface area contributed by atoms with Crippen LogP contribution in [-0.2, 0) is 9.47 Å². The van der Waals surface area contributed by atoms with E-state index in [1.165, 1.54) is 12.8 Å². The molecule has 0 aliphatic carbocycles. The van der Waals surface area contributed by atoms with Gasteiger partial charge in [-0.1, -0.05) is 0 Å². The van der Waals surface area contributed by atoms with Crippen molar-refractivity contribution in [3.63, 3.8) is 0 Å². The average Bonchev–Trinajstić information content (AvgIpc) is 2.56. The first-order valence-electron chi connectivity index (χ1n) is 8.23. The first-order valence-corrected chi connectivity index (χ1v) is 8.23. The summed E-state index contributed by atoms with van der Waals surface area (Å²) >= 11 is 0. The average molecular weight is 306 g/mol. The van der Waals surface area contributed by atoms with Gasteiger partial charge in [-0.05, 0) is 26.2 Å². The van der Waals surface area contributed by atoms with Gasteiger partial charge in [-0.15, -0.1) is 0 Å². The summed E-state index contributed by atoms with van der Waals surface area (Å²) in [6.45, 7) is 7.02. The van der Waals surface area contributed by atoms with Crippen LogP contribution in [0.25, 0.3) is 0 Å². The Balaban J connectivity index is 1.70. The smallest absolute Gasteiger partial charge is 0.227 e. The van der Waals surface area contributed by atoms with E-state index in [-0.39, 0.29) is 0 Å². The third-order valence-corrected chi connectivity index (χ3v) is 4.27. The highest BCUT2D eigenvalue weighted by Gasteiger charge is 2.19. The maximum atomic E-state index is 5.83. The lowest BCUT2D eigenvalue weighted by atomic mass is 10.1. The fourth-order valence-corrected chi connectivity index (χ4v) is 2.99. The molecule has 0 radical (unpaired) electrons. The van der Waals surface area contributed by atoms with Crippen molar-refractivity contribution in [2.24, 2.45) is 0 Å². The number of morpholine rings is 1. The molecule has 0 spiro atoms. The third-order valence-electron chi connectivity index (χ3n) is 4.27. The molecular weight excluding hydrogens is 280 g/mol. The van der Waals surface area contributed by atoms with Crippen LogP contribution in [0.3, 0.4) is 0 Å². The van der Waals surface area contributed by atoms with Crippen LogP contribution in [0.2, 0.25) is 0 Å². The summed E-state index contributed by atoms with van der Waals surface area (Å²) in [4.78, 5) is 13.7. The number of ether oxygens (including phenoxy) is 2. The summed E-state index contributed by atoms with van der Waals surface area (Å²) in [5, 5.41) is 0. The summed E-state index contributed by atoms with van der Waals surface area (Å²) < 4.78 is 11.2. The topological polar surface area (TPSA) is 50.7 Å². The summed E-state index contributed by atoms with van der Waals surface area (Å²) in [5.41, 5.74) is 1.00. The van der Waals surface area contributed by atoms with Gasteiger partial charge < -0.3 is 19.3 Å². The molecule has 2 aliphatic heterocycles. The summed E-state index contributed by atoms with van der Waals surface area (Å²) in [5.74, 6) is 1.79. The maximum Gasteiger partial charge on any atom is 0.227 e. The Morgan fingerprint density at radius 2 is 2.05 bits per heavy atom. The number of likely N-dealkylation sites (N-methyl/N-ethyl adjacent to an activating group) is 1. The second-order valence-electron chi connectivity index (χ2n) is 6.14. The quantitative estimate of drug-likeness (QED) is 0.843. The number of rotatable bonds is 4. The third kappa shape index (κ3) is 3.87. The van der Waals surface area contributed by atoms with Gasteiger partial charge in [0.25, 0.3) is 0 Å². The van der Waals surface area contributed by atoms with Crippen molar-refractivity contribution in [2.75, 3.05) is 56.3 Å². The molecule has 1 aromatic heterocycles. The molecule has 1 atom stereocenters. The number of aromatic nitrogens is 2. The molecule has 0 unspecified atom stereocenters. The molecule has 3 rings (SSSR count). The van der Waals surface area contributed by atoms with E-state index in [1.54, 1.807) is 0 Å². The van der Waals surface area contributed by atoms with Crippen LogP contribution < -0.4 is 9.80 Å². The minimum absolute atomic E-state index is 0.320. The highest BCUT2D eigenvalue weighted by Crippen LogP contribution is 2.20. The molecule has 0 aromatic carbocycles. The standard InChI is InChI=1S/C16H26N4O2/c1-13-11-15(19(2)12-14-5-3-4-8-22-14)18-16(17-13)20-6-9-21-10-7-20/h11,14H,3-10,12H2,1-2H3/t14-/m0/s1. The number of anilines is 2. The van der Waals surface area contributed by atoms with Gasteiger partial charge in [-0.2, -0.15) is 4.98 Å². The van der Waals surface area contributed by atoms with E-state index < -0.39 is 0 Å². The molecule has 2 fully saturated rings. The maximum absolute atomic E-state index is 5.83. The highest BCUT2D eigenvalue weighted by atomic mass is 16.5. The molecule has 2 aliphatic rings. The van der Waals surface area contributed by atoms with Gasteiger partial charge in [0.05, 0.1) is 19.3 Å². The van der Waals surface area contributed by atoms with Crippen molar-refractivity contribution in [1.82, 2.24) is 9.97 Å². The van der Waals surface area contributed by atoms with E-state index in [1.807, 2.05) is 13.0 Å². The molecule has 0 saturated carbocycles. The minimum atomic E-state index is 0.320. The zero-order valence-electron chi connectivity index (χ0n) is 13.6. The van der Waals surface area contributed by atoms with Crippen molar-refractivity contribution in [3.05, 3.63) is 11.8 Å². The van der Waals surface area contributed by atoms with Gasteiger partial charge in [0.2, 0.25) is 5.95 Å². The van der Waals surface area contributed by atoms with Gasteiger partial charge >= 0.3 is 0 Å². The zero-order chi connectivity index (χ0) is 15.4. The van der Waals surface area contributed by atoms with E-state index in [0.717, 1.165) is 63.3 Å². The first-order chi connectivity index (χ1) is 10.7. The molecular formula is C16H26N4O2. The number of nitrogens with zero attached hydrogens (tertiary/aromatic N) is 4. The Bertz CT molecular complexity index is 485. The Kier molecular flexibility index (Phi) is 5.10. The Morgan fingerprint density at radius 3 is 2.77 bits per heavy atom. The molecule has 0 amide bonds. The molecule has 2 saturated heterocycles. The van der Waals surface area contributed by atoms with Gasteiger partial charge in [0.15, 0.2) is 0 Å². The Hall–Kier alpha value is -1.40. The summed E-state index contributed by atoms with van der Waals surface area (Å²) in [6, 6.07) is 2.05. The number of hydrogen-bond acceptors (Lipinski definition) is 6. The van der Waals surface area contributed by atoms with Gasteiger partial charge in [0.1, 0.15) is 5.82 Å². The van der Waals surface area contributed by atoms with Crippen LogP contribution in [-0.4, -0.2) is 62.6 Å². The molecule has 122 valence electrons. The lowest BCUT2D eigenvalue weighted by Gasteiger charge is -2.30. The summed E-state index contributed by atoms with van der Waals surface area (Å²) in [6.07, 6.45) is 3.92. The SMILES string of the molecule is Cc1cc(N(C)C[C@@H]2CCCCO2)nc(N2CCOCC2)n1. The second kappa shape index (κ2) is 7.24. The van der Waals surface area contributed by atoms with Crippen molar-refractivity contribution in [3.8, 4) is 0 Å². The molecule has 0 bridgehead atoms. The fraction of sp³-hybridized carbons (Fsp3) is 0.750. The van der Waals surface area contributed by atoms with Crippen LogP contribution in [0.1, 0.15) is 25.0 Å². The molecule has 1 aromatic rings. The van der Waals surface area contributed by atoms with Crippen LogP contribution in [0.4, 0.5) is 11.8 Å². The predicted molar refractivity (Wildman–Crippen MR) is 86.7 cm³/mol. The lowest BCUT2D eigenvalue weighted by Crippen LogP contribution is -2.38. The van der Waals surface area contributed by atoms with Crippen molar-refractivity contribution in [1.29, 1.82) is 0 Å². The monoisotopic (exact) mass is 306 g/mol. The Morgan fingerprint density at radius 1 is 1.23 bits per heavy atom. The van der Waals surface area contributed by atoms with E-state index >= 15 is 0 Å². The first kappa shape index (κ1) is 15.5. The van der Waals surface area contributed by atoms with Crippen LogP contribution in [0, 0.1) is 6.92 Å². The van der Waals surface area contributed by atoms with Crippen LogP contribution in [0.15, 0.2) is 6.07 Å². The summed E-state index contributed by atoms with van der Waals surface area (Å²) in [7, 11) is 2.09. The Labute approximate surface area is 132 Å². The minimum Gasteiger partial charge on any atom is -0.378 e. The molecule has 0 N–H and O–H groups in total. The van der Waals surface area contributed by atoms with Crippen molar-refractivity contribution >= 4 is 11.8 Å². The lowest BCUT2D eigenvalue weighted by molar-refractivity contribution is 0.0215. The molecule has 6 heteroatoms. The van der Waals surface area contributed by atoms with Crippen molar-refractivity contribution in [2.45, 2.75) is 32.3 Å².